The molecule has 0 fully saturated rings. The topological polar surface area (TPSA) is 93.1 Å². The number of carbonyl (C=O) groups excluding carboxylic acids is 1. The van der Waals surface area contributed by atoms with Crippen molar-refractivity contribution < 1.29 is 18.5 Å². The summed E-state index contributed by atoms with van der Waals surface area (Å²) in [6.45, 7) is 0. The molecule has 86 valence electrons. The molecule has 0 spiro atoms. The Morgan fingerprint density at radius 3 is 2.50 bits per heavy atom. The summed E-state index contributed by atoms with van der Waals surface area (Å²) in [5.74, 6) is -1.14. The summed E-state index contributed by atoms with van der Waals surface area (Å²) in [6, 6.07) is 0.396. The van der Waals surface area contributed by atoms with E-state index in [4.69, 9.17) is 11.6 Å². The quantitative estimate of drug-likeness (QED) is 0.502. The van der Waals surface area contributed by atoms with Crippen LogP contribution in [0.15, 0.2) is 10.9 Å². The molecule has 0 saturated carbocycles. The highest BCUT2D eigenvalue weighted by Gasteiger charge is 2.26. The van der Waals surface area contributed by atoms with E-state index in [0.29, 0.717) is 6.07 Å². The lowest BCUT2D eigenvalue weighted by molar-refractivity contribution is -0.390. The molecule has 1 heterocycles. The fraction of sp³-hybridized carbons (Fsp3) is 0.143. The summed E-state index contributed by atoms with van der Waals surface area (Å²) in [6.07, 6.45) is -3.09. The van der Waals surface area contributed by atoms with Crippen molar-refractivity contribution in [3.05, 3.63) is 37.7 Å². The Balaban J connectivity index is 3.59. The molecule has 0 amide bonds. The highest BCUT2D eigenvalue weighted by atomic mass is 35.5. The standard InChI is InChI=1S/C7H3ClF2N2O4/c8-5(14)4-3(13)1-2(6(9)10)11-7(4)12(15)16/h1,6H,(H,11,13). The summed E-state index contributed by atoms with van der Waals surface area (Å²) in [5, 5.41) is 9.05. The van der Waals surface area contributed by atoms with E-state index in [-0.39, 0.29) is 0 Å². The molecule has 0 aromatic carbocycles. The second-order valence-electron chi connectivity index (χ2n) is 2.64. The smallest absolute Gasteiger partial charge is 0.337 e. The zero-order valence-corrected chi connectivity index (χ0v) is 8.12. The van der Waals surface area contributed by atoms with Crippen LogP contribution in [0.1, 0.15) is 22.5 Å². The lowest BCUT2D eigenvalue weighted by Crippen LogP contribution is -2.17. The molecule has 0 atom stereocenters. The van der Waals surface area contributed by atoms with Gasteiger partial charge in [0, 0.05) is 6.07 Å². The van der Waals surface area contributed by atoms with E-state index < -0.39 is 39.1 Å². The Hall–Kier alpha value is -1.83. The van der Waals surface area contributed by atoms with Crippen molar-refractivity contribution in [3.63, 3.8) is 0 Å². The van der Waals surface area contributed by atoms with Gasteiger partial charge in [0.2, 0.25) is 5.43 Å². The third-order valence-electron chi connectivity index (χ3n) is 1.65. The van der Waals surface area contributed by atoms with Crippen molar-refractivity contribution in [1.82, 2.24) is 4.98 Å². The van der Waals surface area contributed by atoms with Crippen LogP contribution < -0.4 is 5.43 Å². The number of hydrogen-bond donors (Lipinski definition) is 1. The lowest BCUT2D eigenvalue weighted by atomic mass is 10.2. The van der Waals surface area contributed by atoms with Gasteiger partial charge in [0.25, 0.3) is 11.7 Å². The van der Waals surface area contributed by atoms with Gasteiger partial charge in [0.05, 0.1) is 0 Å². The minimum absolute atomic E-state index is 0.396. The molecule has 1 rings (SSSR count). The van der Waals surface area contributed by atoms with Crippen LogP contribution in [0.4, 0.5) is 14.6 Å². The first-order valence-electron chi connectivity index (χ1n) is 3.74. The molecule has 16 heavy (non-hydrogen) atoms. The third-order valence-corrected chi connectivity index (χ3v) is 1.84. The second-order valence-corrected chi connectivity index (χ2v) is 2.99. The summed E-state index contributed by atoms with van der Waals surface area (Å²) < 4.78 is 24.4. The van der Waals surface area contributed by atoms with Crippen molar-refractivity contribution in [1.29, 1.82) is 0 Å². The highest BCUT2D eigenvalue weighted by Crippen LogP contribution is 2.20. The van der Waals surface area contributed by atoms with E-state index in [9.17, 15) is 28.5 Å². The minimum atomic E-state index is -3.09. The molecule has 9 heteroatoms. The number of carbonyl (C=O) groups is 1. The zero-order chi connectivity index (χ0) is 12.5. The van der Waals surface area contributed by atoms with Gasteiger partial charge in [-0.1, -0.05) is 0 Å². The third kappa shape index (κ3) is 2.22. The number of nitrogens with one attached hydrogen (secondary N) is 1. The van der Waals surface area contributed by atoms with Gasteiger partial charge in [-0.3, -0.25) is 9.59 Å². The number of aromatic nitrogens is 1. The molecule has 0 aliphatic carbocycles. The van der Waals surface area contributed by atoms with E-state index in [2.05, 4.69) is 0 Å². The summed E-state index contributed by atoms with van der Waals surface area (Å²) >= 11 is 4.94. The van der Waals surface area contributed by atoms with Gasteiger partial charge in [0.1, 0.15) is 0 Å². The van der Waals surface area contributed by atoms with Crippen LogP contribution >= 0.6 is 11.6 Å². The van der Waals surface area contributed by atoms with Crippen molar-refractivity contribution in [2.45, 2.75) is 6.43 Å². The Labute approximate surface area is 91.0 Å². The Bertz CT molecular complexity index is 514. The molecule has 1 N–H and O–H groups in total. The van der Waals surface area contributed by atoms with E-state index in [0.717, 1.165) is 0 Å². The number of H-pyrrole nitrogens is 1. The van der Waals surface area contributed by atoms with Gasteiger partial charge in [-0.25, -0.2) is 13.8 Å². The number of hydrogen-bond acceptors (Lipinski definition) is 4. The average Bonchev–Trinajstić information content (AvgIpc) is 2.15. The molecule has 6 nitrogen and oxygen atoms in total. The van der Waals surface area contributed by atoms with E-state index in [1.54, 1.807) is 4.98 Å². The van der Waals surface area contributed by atoms with Crippen LogP contribution in [0.2, 0.25) is 0 Å². The molecule has 1 aromatic rings. The maximum Gasteiger partial charge on any atom is 0.337 e. The fourth-order valence-electron chi connectivity index (χ4n) is 1.01. The van der Waals surface area contributed by atoms with Crippen LogP contribution in [0.3, 0.4) is 0 Å². The number of halogens is 3. The lowest BCUT2D eigenvalue weighted by Gasteiger charge is -2.01. The Morgan fingerprint density at radius 2 is 2.12 bits per heavy atom. The van der Waals surface area contributed by atoms with Crippen LogP contribution in [-0.2, 0) is 0 Å². The maximum atomic E-state index is 12.2. The molecule has 0 aliphatic rings. The minimum Gasteiger partial charge on any atom is -0.358 e. The first-order chi connectivity index (χ1) is 7.34. The van der Waals surface area contributed by atoms with Crippen LogP contribution in [0, 0.1) is 10.1 Å². The first kappa shape index (κ1) is 12.2. The predicted molar refractivity (Wildman–Crippen MR) is 48.9 cm³/mol. The second kappa shape index (κ2) is 4.35. The van der Waals surface area contributed by atoms with E-state index in [1.165, 1.54) is 0 Å². The van der Waals surface area contributed by atoms with Crippen molar-refractivity contribution >= 4 is 22.7 Å². The number of nitro groups is 1. The van der Waals surface area contributed by atoms with Gasteiger partial charge >= 0.3 is 5.82 Å². The average molecular weight is 253 g/mol. The number of aromatic amines is 1. The largest absolute Gasteiger partial charge is 0.358 e. The van der Waals surface area contributed by atoms with Gasteiger partial charge in [-0.2, -0.15) is 0 Å². The molecular weight excluding hydrogens is 250 g/mol. The maximum absolute atomic E-state index is 12.2. The van der Waals surface area contributed by atoms with Crippen LogP contribution in [0.25, 0.3) is 0 Å². The summed E-state index contributed by atoms with van der Waals surface area (Å²) in [7, 11) is 0. The first-order valence-corrected chi connectivity index (χ1v) is 4.12. The van der Waals surface area contributed by atoms with Crippen molar-refractivity contribution in [2.75, 3.05) is 0 Å². The van der Waals surface area contributed by atoms with E-state index in [1.807, 2.05) is 0 Å². The number of rotatable bonds is 3. The van der Waals surface area contributed by atoms with Gasteiger partial charge in [-0.05, 0) is 16.5 Å². The summed E-state index contributed by atoms with van der Waals surface area (Å²) in [4.78, 5) is 32.8. The molecule has 0 saturated heterocycles. The van der Waals surface area contributed by atoms with Crippen molar-refractivity contribution in [2.24, 2.45) is 0 Å². The molecular formula is C7H3ClF2N2O4. The Morgan fingerprint density at radius 1 is 1.56 bits per heavy atom. The number of alkyl halides is 2. The normalized spacial score (nSPS) is 10.5. The van der Waals surface area contributed by atoms with Crippen LogP contribution in [0.5, 0.6) is 0 Å². The molecule has 0 bridgehead atoms. The molecule has 0 radical (unpaired) electrons. The zero-order valence-electron chi connectivity index (χ0n) is 7.37. The van der Waals surface area contributed by atoms with Gasteiger partial charge in [-0.15, -0.1) is 0 Å². The SMILES string of the molecule is O=C(Cl)c1c([N+](=O)[O-])[nH]c(C(F)F)cc1=O. The molecule has 1 aromatic heterocycles. The number of pyridine rings is 1. The Kier molecular flexibility index (Phi) is 3.33. The monoisotopic (exact) mass is 252 g/mol. The number of nitrogens with zero attached hydrogens (tertiary/aromatic N) is 1. The van der Waals surface area contributed by atoms with Crippen molar-refractivity contribution in [3.8, 4) is 0 Å². The summed E-state index contributed by atoms with van der Waals surface area (Å²) in [5.41, 5.74) is -3.13. The fourth-order valence-corrected chi connectivity index (χ4v) is 1.19. The highest BCUT2D eigenvalue weighted by molar-refractivity contribution is 6.68. The van der Waals surface area contributed by atoms with Gasteiger partial charge in [0.15, 0.2) is 11.3 Å². The van der Waals surface area contributed by atoms with E-state index >= 15 is 0 Å². The molecule has 0 unspecified atom stereocenters. The van der Waals surface area contributed by atoms with Gasteiger partial charge < -0.3 is 10.1 Å². The molecule has 0 aliphatic heterocycles. The van der Waals surface area contributed by atoms with Crippen LogP contribution in [-0.4, -0.2) is 15.1 Å². The predicted octanol–water partition coefficient (Wildman–Crippen LogP) is 1.60.